The molecule has 1 aliphatic heterocycles. The first-order valence-corrected chi connectivity index (χ1v) is 7.51. The average Bonchev–Trinajstić information content (AvgIpc) is 3.03. The van der Waals surface area contributed by atoms with Crippen LogP contribution in [0.1, 0.15) is 19.3 Å². The molecule has 0 aromatic heterocycles. The summed E-state index contributed by atoms with van der Waals surface area (Å²) in [6.45, 7) is 0. The van der Waals surface area contributed by atoms with Crippen LogP contribution in [0.25, 0.3) is 0 Å². The highest BCUT2D eigenvalue weighted by Crippen LogP contribution is 2.48. The molecule has 1 heterocycles. The first kappa shape index (κ1) is 12.8. The van der Waals surface area contributed by atoms with Crippen LogP contribution in [0.4, 0.5) is 4.79 Å². The molecule has 0 aromatic carbocycles. The quantitative estimate of drug-likeness (QED) is 0.698. The van der Waals surface area contributed by atoms with Crippen molar-refractivity contribution in [2.24, 2.45) is 17.8 Å². The van der Waals surface area contributed by atoms with Gasteiger partial charge in [-0.2, -0.15) is 0 Å². The van der Waals surface area contributed by atoms with Gasteiger partial charge in [-0.05, 0) is 31.1 Å². The summed E-state index contributed by atoms with van der Waals surface area (Å²) in [6, 6.07) is -0.794. The van der Waals surface area contributed by atoms with Crippen molar-refractivity contribution in [2.45, 2.75) is 31.3 Å². The molecular weight excluding hydrogens is 268 g/mol. The summed E-state index contributed by atoms with van der Waals surface area (Å²) in [7, 11) is 0. The molecule has 3 rings (SSSR count). The van der Waals surface area contributed by atoms with E-state index in [1.807, 2.05) is 0 Å². The van der Waals surface area contributed by atoms with Crippen LogP contribution in [-0.2, 0) is 9.59 Å². The molecule has 1 saturated heterocycles. The number of carbonyl (C=O) groups is 3. The van der Waals surface area contributed by atoms with Crippen molar-refractivity contribution in [3.05, 3.63) is 0 Å². The van der Waals surface area contributed by atoms with Gasteiger partial charge in [-0.1, -0.05) is 11.8 Å². The van der Waals surface area contributed by atoms with Crippen molar-refractivity contribution < 1.29 is 19.5 Å². The van der Waals surface area contributed by atoms with Gasteiger partial charge in [0.1, 0.15) is 6.04 Å². The number of rotatable bonds is 3. The molecule has 3 N–H and O–H groups in total. The Balaban J connectivity index is 1.67. The van der Waals surface area contributed by atoms with Gasteiger partial charge in [-0.25, -0.2) is 0 Å². The number of amides is 2. The number of hydrogen-bond donors (Lipinski definition) is 3. The summed E-state index contributed by atoms with van der Waals surface area (Å²) < 4.78 is 0. The van der Waals surface area contributed by atoms with E-state index >= 15 is 0 Å². The molecule has 0 aromatic rings. The second-order valence-corrected chi connectivity index (χ2v) is 6.52. The third-order valence-electron chi connectivity index (χ3n) is 4.50. The summed E-state index contributed by atoms with van der Waals surface area (Å²) in [5.74, 6) is -0.638. The lowest BCUT2D eigenvalue weighted by Gasteiger charge is -2.29. The molecule has 2 aliphatic carbocycles. The maximum Gasteiger partial charge on any atom is 0.308 e. The van der Waals surface area contributed by atoms with Crippen molar-refractivity contribution in [3.63, 3.8) is 0 Å². The van der Waals surface area contributed by atoms with E-state index < -0.39 is 17.9 Å². The van der Waals surface area contributed by atoms with Crippen LogP contribution < -0.4 is 10.6 Å². The van der Waals surface area contributed by atoms with E-state index in [0.717, 1.165) is 31.0 Å². The predicted octanol–water partition coefficient (Wildman–Crippen LogP) is 0.427. The van der Waals surface area contributed by atoms with E-state index in [4.69, 9.17) is 0 Å². The lowest BCUT2D eigenvalue weighted by atomic mass is 9.84. The minimum atomic E-state index is -0.817. The fourth-order valence-corrected chi connectivity index (χ4v) is 4.42. The molecule has 0 spiro atoms. The van der Waals surface area contributed by atoms with Crippen LogP contribution in [0, 0.1) is 17.8 Å². The van der Waals surface area contributed by atoms with Crippen molar-refractivity contribution >= 4 is 28.9 Å². The number of thioether (sulfide) groups is 1. The van der Waals surface area contributed by atoms with E-state index in [-0.39, 0.29) is 29.0 Å². The average molecular weight is 284 g/mol. The lowest BCUT2D eigenvalue weighted by molar-refractivity contribution is -0.144. The number of nitrogens with one attached hydrogen (secondary N) is 2. The molecule has 6 nitrogen and oxygen atoms in total. The van der Waals surface area contributed by atoms with Crippen molar-refractivity contribution in [1.29, 1.82) is 0 Å². The van der Waals surface area contributed by atoms with E-state index in [9.17, 15) is 19.5 Å². The SMILES string of the molecule is O=C1NC(C(=O)NC2C3CCC(C3)C2C(=O)O)CS1. The zero-order valence-electron chi connectivity index (χ0n) is 10.3. The van der Waals surface area contributed by atoms with E-state index in [0.29, 0.717) is 5.75 Å². The zero-order valence-corrected chi connectivity index (χ0v) is 11.1. The fourth-order valence-electron chi connectivity index (χ4n) is 3.65. The minimum absolute atomic E-state index is 0.192. The molecule has 0 radical (unpaired) electrons. The third kappa shape index (κ3) is 2.20. The third-order valence-corrected chi connectivity index (χ3v) is 5.38. The number of carboxylic acids is 1. The van der Waals surface area contributed by atoms with Gasteiger partial charge in [0, 0.05) is 11.8 Å². The van der Waals surface area contributed by atoms with E-state index in [1.54, 1.807) is 0 Å². The van der Waals surface area contributed by atoms with Gasteiger partial charge < -0.3 is 15.7 Å². The summed E-state index contributed by atoms with van der Waals surface area (Å²) in [4.78, 5) is 34.5. The summed E-state index contributed by atoms with van der Waals surface area (Å²) in [6.07, 6.45) is 2.84. The number of carboxylic acid groups (broad SMARTS) is 1. The molecule has 104 valence electrons. The van der Waals surface area contributed by atoms with Crippen molar-refractivity contribution in [3.8, 4) is 0 Å². The number of hydrogen-bond acceptors (Lipinski definition) is 4. The van der Waals surface area contributed by atoms with Crippen LogP contribution >= 0.6 is 11.8 Å². The van der Waals surface area contributed by atoms with Gasteiger partial charge >= 0.3 is 5.97 Å². The molecule has 3 fully saturated rings. The molecule has 2 amide bonds. The number of fused-ring (bicyclic) bond motifs is 2. The molecule has 3 aliphatic rings. The van der Waals surface area contributed by atoms with Crippen LogP contribution in [0.2, 0.25) is 0 Å². The molecular formula is C12H16N2O4S. The monoisotopic (exact) mass is 284 g/mol. The highest BCUT2D eigenvalue weighted by Gasteiger charge is 2.52. The van der Waals surface area contributed by atoms with Crippen molar-refractivity contribution in [1.82, 2.24) is 10.6 Å². The van der Waals surface area contributed by atoms with Crippen molar-refractivity contribution in [2.75, 3.05) is 5.75 Å². The Hall–Kier alpha value is -1.24. The molecule has 19 heavy (non-hydrogen) atoms. The topological polar surface area (TPSA) is 95.5 Å². The first-order chi connectivity index (χ1) is 9.06. The van der Waals surface area contributed by atoms with Gasteiger partial charge in [-0.3, -0.25) is 14.4 Å². The van der Waals surface area contributed by atoms with Crippen LogP contribution in [0.15, 0.2) is 0 Å². The molecule has 5 atom stereocenters. The van der Waals surface area contributed by atoms with E-state index in [1.165, 1.54) is 0 Å². The highest BCUT2D eigenvalue weighted by molar-refractivity contribution is 8.14. The minimum Gasteiger partial charge on any atom is -0.481 e. The lowest BCUT2D eigenvalue weighted by Crippen LogP contribution is -2.52. The summed E-state index contributed by atoms with van der Waals surface area (Å²) in [5.41, 5.74) is 0. The Bertz CT molecular complexity index is 441. The van der Waals surface area contributed by atoms with Crippen LogP contribution in [0.5, 0.6) is 0 Å². The Kier molecular flexibility index (Phi) is 3.16. The predicted molar refractivity (Wildman–Crippen MR) is 68.7 cm³/mol. The van der Waals surface area contributed by atoms with Gasteiger partial charge in [0.05, 0.1) is 5.92 Å². The highest BCUT2D eigenvalue weighted by atomic mass is 32.2. The molecule has 2 bridgehead atoms. The van der Waals surface area contributed by atoms with Gasteiger partial charge in [-0.15, -0.1) is 0 Å². The zero-order chi connectivity index (χ0) is 13.6. The molecule has 7 heteroatoms. The van der Waals surface area contributed by atoms with Crippen LogP contribution in [-0.4, -0.2) is 40.1 Å². The smallest absolute Gasteiger partial charge is 0.308 e. The van der Waals surface area contributed by atoms with Crippen LogP contribution in [0.3, 0.4) is 0 Å². The standard InChI is InChI=1S/C12H16N2O4S/c15-10(7-4-19-12(18)13-7)14-9-6-2-1-5(3-6)8(9)11(16)17/h5-9H,1-4H2,(H,13,18)(H,14,15)(H,16,17). The molecule has 5 unspecified atom stereocenters. The molecule has 2 saturated carbocycles. The number of carbonyl (C=O) groups excluding carboxylic acids is 2. The summed E-state index contributed by atoms with van der Waals surface area (Å²) in [5, 5.41) is 14.5. The van der Waals surface area contributed by atoms with Gasteiger partial charge in [0.15, 0.2) is 0 Å². The Morgan fingerprint density at radius 3 is 2.68 bits per heavy atom. The first-order valence-electron chi connectivity index (χ1n) is 6.52. The normalized spacial score (nSPS) is 40.2. The Morgan fingerprint density at radius 2 is 2.05 bits per heavy atom. The van der Waals surface area contributed by atoms with E-state index in [2.05, 4.69) is 10.6 Å². The number of aliphatic carboxylic acids is 1. The summed E-state index contributed by atoms with van der Waals surface area (Å²) >= 11 is 1.09. The fraction of sp³-hybridized carbons (Fsp3) is 0.750. The maximum absolute atomic E-state index is 12.1. The Morgan fingerprint density at radius 1 is 1.32 bits per heavy atom. The largest absolute Gasteiger partial charge is 0.481 e. The Labute approximate surface area is 114 Å². The van der Waals surface area contributed by atoms with Gasteiger partial charge in [0.25, 0.3) is 5.24 Å². The second-order valence-electron chi connectivity index (χ2n) is 5.53. The maximum atomic E-state index is 12.1. The second kappa shape index (κ2) is 4.70. The van der Waals surface area contributed by atoms with Gasteiger partial charge in [0.2, 0.25) is 5.91 Å².